The number of rotatable bonds is 5. The molecule has 0 aliphatic heterocycles. The Hall–Kier alpha value is -1.33. The first kappa shape index (κ1) is 14.7. The number of anilines is 1. The van der Waals surface area contributed by atoms with Gasteiger partial charge < -0.3 is 16.0 Å². The number of amides is 1. The summed E-state index contributed by atoms with van der Waals surface area (Å²) in [5.74, 6) is -0.0688. The van der Waals surface area contributed by atoms with Gasteiger partial charge in [-0.3, -0.25) is 4.79 Å². The maximum absolute atomic E-state index is 11.5. The van der Waals surface area contributed by atoms with Crippen molar-refractivity contribution < 1.29 is 4.79 Å². The minimum Gasteiger partial charge on any atom is -0.389 e. The highest BCUT2D eigenvalue weighted by Crippen LogP contribution is 2.24. The number of likely N-dealkylation sites (N-methyl/N-ethyl adjacent to an activating group) is 2. The fraction of sp³-hybridized carbons (Fsp3) is 0.333. The molecule has 0 unspecified atom stereocenters. The van der Waals surface area contributed by atoms with Crippen LogP contribution in [0.25, 0.3) is 0 Å². The third-order valence-electron chi connectivity index (χ3n) is 2.56. The molecule has 1 rings (SSSR count). The van der Waals surface area contributed by atoms with Gasteiger partial charge in [0.05, 0.1) is 6.54 Å². The molecule has 1 amide bonds. The lowest BCUT2D eigenvalue weighted by molar-refractivity contribution is -0.119. The SMILES string of the molecule is CCN(CC(=O)NC)c1ccc(Cl)cc1C(N)=S. The molecule has 0 saturated carbocycles. The van der Waals surface area contributed by atoms with Crippen LogP contribution >= 0.6 is 23.8 Å². The van der Waals surface area contributed by atoms with Gasteiger partial charge in [0.2, 0.25) is 5.91 Å². The number of halogens is 1. The van der Waals surface area contributed by atoms with Gasteiger partial charge >= 0.3 is 0 Å². The normalized spacial score (nSPS) is 9.94. The van der Waals surface area contributed by atoms with Crippen molar-refractivity contribution >= 4 is 40.4 Å². The van der Waals surface area contributed by atoms with E-state index < -0.39 is 0 Å². The van der Waals surface area contributed by atoms with Crippen LogP contribution in [0.3, 0.4) is 0 Å². The van der Waals surface area contributed by atoms with Crippen LogP contribution in [-0.2, 0) is 4.79 Å². The molecule has 1 aromatic rings. The predicted molar refractivity (Wildman–Crippen MR) is 79.3 cm³/mol. The van der Waals surface area contributed by atoms with Gasteiger partial charge in [-0.25, -0.2) is 0 Å². The van der Waals surface area contributed by atoms with Crippen molar-refractivity contribution in [2.24, 2.45) is 5.73 Å². The molecule has 6 heteroatoms. The molecule has 0 spiro atoms. The van der Waals surface area contributed by atoms with E-state index in [2.05, 4.69) is 5.32 Å². The van der Waals surface area contributed by atoms with Gasteiger partial charge in [-0.1, -0.05) is 23.8 Å². The van der Waals surface area contributed by atoms with Crippen LogP contribution in [0, 0.1) is 0 Å². The van der Waals surface area contributed by atoms with Gasteiger partial charge in [0.1, 0.15) is 4.99 Å². The molecular formula is C12H16ClN3OS. The Balaban J connectivity index is 3.12. The molecule has 0 atom stereocenters. The molecule has 0 fully saturated rings. The first-order valence-corrected chi connectivity index (χ1v) is 6.33. The summed E-state index contributed by atoms with van der Waals surface area (Å²) in [6.07, 6.45) is 0. The molecule has 0 aliphatic rings. The van der Waals surface area contributed by atoms with E-state index >= 15 is 0 Å². The molecule has 0 radical (unpaired) electrons. The van der Waals surface area contributed by atoms with E-state index in [1.54, 1.807) is 19.2 Å². The van der Waals surface area contributed by atoms with Crippen LogP contribution in [0.4, 0.5) is 5.69 Å². The number of hydrogen-bond acceptors (Lipinski definition) is 3. The van der Waals surface area contributed by atoms with Crippen molar-refractivity contribution in [1.82, 2.24) is 5.32 Å². The molecule has 0 aromatic heterocycles. The topological polar surface area (TPSA) is 58.4 Å². The first-order valence-electron chi connectivity index (χ1n) is 5.54. The van der Waals surface area contributed by atoms with Crippen LogP contribution in [-0.4, -0.2) is 31.0 Å². The number of carbonyl (C=O) groups excluding carboxylic acids is 1. The van der Waals surface area contributed by atoms with Crippen LogP contribution in [0.1, 0.15) is 12.5 Å². The highest BCUT2D eigenvalue weighted by atomic mass is 35.5. The zero-order chi connectivity index (χ0) is 13.7. The van der Waals surface area contributed by atoms with E-state index in [1.807, 2.05) is 17.9 Å². The Kier molecular flexibility index (Phi) is 5.37. The number of nitrogens with zero attached hydrogens (tertiary/aromatic N) is 1. The molecule has 0 saturated heterocycles. The van der Waals surface area contributed by atoms with E-state index in [0.29, 0.717) is 17.1 Å². The summed E-state index contributed by atoms with van der Waals surface area (Å²) in [7, 11) is 1.60. The Bertz CT molecular complexity index is 465. The third-order valence-corrected chi connectivity index (χ3v) is 3.01. The van der Waals surface area contributed by atoms with E-state index in [1.165, 1.54) is 0 Å². The number of hydrogen-bond donors (Lipinski definition) is 2. The number of nitrogens with two attached hydrogens (primary N) is 1. The Morgan fingerprint density at radius 3 is 2.72 bits per heavy atom. The van der Waals surface area contributed by atoms with Crippen LogP contribution < -0.4 is 16.0 Å². The van der Waals surface area contributed by atoms with Crippen molar-refractivity contribution in [2.45, 2.75) is 6.92 Å². The Labute approximate surface area is 117 Å². The van der Waals surface area contributed by atoms with E-state index in [9.17, 15) is 4.79 Å². The van der Waals surface area contributed by atoms with Crippen LogP contribution in [0.2, 0.25) is 5.02 Å². The summed E-state index contributed by atoms with van der Waals surface area (Å²) >= 11 is 10.9. The van der Waals surface area contributed by atoms with Gasteiger partial charge in [0.15, 0.2) is 0 Å². The summed E-state index contributed by atoms with van der Waals surface area (Å²) in [4.78, 5) is 13.6. The molecule has 1 aromatic carbocycles. The molecule has 98 valence electrons. The molecule has 3 N–H and O–H groups in total. The number of nitrogens with one attached hydrogen (secondary N) is 1. The summed E-state index contributed by atoms with van der Waals surface area (Å²) in [6.45, 7) is 2.88. The van der Waals surface area contributed by atoms with E-state index in [-0.39, 0.29) is 17.4 Å². The monoisotopic (exact) mass is 285 g/mol. The van der Waals surface area contributed by atoms with Gasteiger partial charge in [-0.15, -0.1) is 0 Å². The summed E-state index contributed by atoms with van der Waals surface area (Å²) in [5, 5.41) is 3.16. The summed E-state index contributed by atoms with van der Waals surface area (Å²) in [5.41, 5.74) is 7.19. The lowest BCUT2D eigenvalue weighted by Gasteiger charge is -2.24. The zero-order valence-electron chi connectivity index (χ0n) is 10.4. The van der Waals surface area contributed by atoms with Crippen molar-refractivity contribution in [1.29, 1.82) is 0 Å². The summed E-state index contributed by atoms with van der Waals surface area (Å²) in [6, 6.07) is 5.29. The fourth-order valence-corrected chi connectivity index (χ4v) is 1.94. The number of carbonyl (C=O) groups is 1. The third kappa shape index (κ3) is 3.58. The van der Waals surface area contributed by atoms with E-state index in [4.69, 9.17) is 29.6 Å². The van der Waals surface area contributed by atoms with Crippen molar-refractivity contribution in [3.63, 3.8) is 0 Å². The Morgan fingerprint density at radius 2 is 2.22 bits per heavy atom. The first-order chi connectivity index (χ1) is 8.49. The molecular weight excluding hydrogens is 270 g/mol. The molecule has 0 aliphatic carbocycles. The van der Waals surface area contributed by atoms with Crippen molar-refractivity contribution in [2.75, 3.05) is 25.0 Å². The Morgan fingerprint density at radius 1 is 1.56 bits per heavy atom. The average Bonchev–Trinajstić information content (AvgIpc) is 2.35. The number of thiocarbonyl (C=S) groups is 1. The minimum absolute atomic E-state index is 0.0688. The second kappa shape index (κ2) is 6.56. The largest absolute Gasteiger partial charge is 0.389 e. The highest BCUT2D eigenvalue weighted by Gasteiger charge is 2.14. The van der Waals surface area contributed by atoms with Gasteiger partial charge in [-0.2, -0.15) is 0 Å². The highest BCUT2D eigenvalue weighted by molar-refractivity contribution is 7.80. The van der Waals surface area contributed by atoms with Gasteiger partial charge in [-0.05, 0) is 25.1 Å². The molecule has 4 nitrogen and oxygen atoms in total. The minimum atomic E-state index is -0.0688. The van der Waals surface area contributed by atoms with Gasteiger partial charge in [0.25, 0.3) is 0 Å². The fourth-order valence-electron chi connectivity index (χ4n) is 1.60. The molecule has 0 bridgehead atoms. The lowest BCUT2D eigenvalue weighted by Crippen LogP contribution is -2.36. The van der Waals surface area contributed by atoms with Crippen LogP contribution in [0.5, 0.6) is 0 Å². The quantitative estimate of drug-likeness (QED) is 0.806. The number of benzene rings is 1. The second-order valence-corrected chi connectivity index (χ2v) is 4.59. The van der Waals surface area contributed by atoms with E-state index in [0.717, 1.165) is 5.69 Å². The molecule has 0 heterocycles. The predicted octanol–water partition coefficient (Wildman–Crippen LogP) is 1.55. The lowest BCUT2D eigenvalue weighted by atomic mass is 10.1. The second-order valence-electron chi connectivity index (χ2n) is 3.71. The zero-order valence-corrected chi connectivity index (χ0v) is 11.9. The maximum Gasteiger partial charge on any atom is 0.239 e. The van der Waals surface area contributed by atoms with Gasteiger partial charge in [0, 0.05) is 29.9 Å². The standard InChI is InChI=1S/C12H16ClN3OS/c1-3-16(7-11(17)15-2)10-5-4-8(13)6-9(10)12(14)18/h4-6H,3,7H2,1-2H3,(H2,14,18)(H,15,17). The van der Waals surface area contributed by atoms with Crippen molar-refractivity contribution in [3.8, 4) is 0 Å². The molecule has 18 heavy (non-hydrogen) atoms. The maximum atomic E-state index is 11.5. The van der Waals surface area contributed by atoms with Crippen LogP contribution in [0.15, 0.2) is 18.2 Å². The summed E-state index contributed by atoms with van der Waals surface area (Å²) < 4.78 is 0. The average molecular weight is 286 g/mol. The smallest absolute Gasteiger partial charge is 0.239 e. The van der Waals surface area contributed by atoms with Crippen molar-refractivity contribution in [3.05, 3.63) is 28.8 Å².